The van der Waals surface area contributed by atoms with Crippen LogP contribution in [0.5, 0.6) is 0 Å². The number of nitrogens with one attached hydrogen (secondary N) is 1. The van der Waals surface area contributed by atoms with Crippen LogP contribution in [-0.4, -0.2) is 52.2 Å². The maximum absolute atomic E-state index is 13.0. The van der Waals surface area contributed by atoms with E-state index in [-0.39, 0.29) is 11.7 Å². The zero-order chi connectivity index (χ0) is 22.4. The van der Waals surface area contributed by atoms with Gasteiger partial charge in [0.15, 0.2) is 0 Å². The number of hydroxylamine groups is 2. The number of aromatic nitrogens is 1. The minimum atomic E-state index is -1.31. The van der Waals surface area contributed by atoms with Gasteiger partial charge >= 0.3 is 0 Å². The van der Waals surface area contributed by atoms with E-state index in [0.29, 0.717) is 11.5 Å². The Bertz CT molecular complexity index is 703. The largest absolute Gasteiger partial charge is 0.371 e. The number of rotatable bonds is 9. The zero-order valence-corrected chi connectivity index (χ0v) is 17.9. The molecule has 4 N–H and O–H groups in total. The maximum Gasteiger partial charge on any atom is 0.276 e. The summed E-state index contributed by atoms with van der Waals surface area (Å²) in [6.45, 7) is 8.86. The second-order valence-corrected chi connectivity index (χ2v) is 8.45. The van der Waals surface area contributed by atoms with E-state index in [9.17, 15) is 19.6 Å². The lowest BCUT2D eigenvalue weighted by atomic mass is 9.84. The predicted octanol–water partition coefficient (Wildman–Crippen LogP) is 1.82. The van der Waals surface area contributed by atoms with Crippen molar-refractivity contribution in [3.05, 3.63) is 24.4 Å². The molecule has 9 nitrogen and oxygen atoms in total. The van der Waals surface area contributed by atoms with Crippen molar-refractivity contribution < 1.29 is 24.3 Å². The molecule has 3 atom stereocenters. The molecule has 0 saturated heterocycles. The highest BCUT2D eigenvalue weighted by molar-refractivity contribution is 5.98. The highest BCUT2D eigenvalue weighted by Crippen LogP contribution is 2.27. The Balaban J connectivity index is 3.16. The lowest BCUT2D eigenvalue weighted by Crippen LogP contribution is -2.57. The fourth-order valence-electron chi connectivity index (χ4n) is 3.09. The highest BCUT2D eigenvalue weighted by atomic mass is 16.5. The van der Waals surface area contributed by atoms with Crippen LogP contribution in [0.4, 0.5) is 5.82 Å². The van der Waals surface area contributed by atoms with E-state index in [1.165, 1.54) is 13.3 Å². The number of anilines is 1. The first-order valence-electron chi connectivity index (χ1n) is 9.46. The highest BCUT2D eigenvalue weighted by Gasteiger charge is 2.44. The molecule has 0 saturated carbocycles. The first-order chi connectivity index (χ1) is 13.4. The Hall–Kier alpha value is -2.52. The van der Waals surface area contributed by atoms with Crippen molar-refractivity contribution in [2.75, 3.05) is 12.4 Å². The van der Waals surface area contributed by atoms with Crippen LogP contribution in [-0.2, 0) is 19.1 Å². The molecule has 29 heavy (non-hydrogen) atoms. The fraction of sp³-hybridized carbons (Fsp3) is 0.600. The van der Waals surface area contributed by atoms with Gasteiger partial charge in [0, 0.05) is 13.3 Å². The van der Waals surface area contributed by atoms with E-state index in [0.717, 1.165) is 0 Å². The van der Waals surface area contributed by atoms with Crippen LogP contribution in [0.15, 0.2) is 24.4 Å². The quantitative estimate of drug-likeness (QED) is 0.421. The van der Waals surface area contributed by atoms with Crippen molar-refractivity contribution >= 4 is 23.5 Å². The van der Waals surface area contributed by atoms with Crippen molar-refractivity contribution in [3.8, 4) is 0 Å². The van der Waals surface area contributed by atoms with Gasteiger partial charge in [-0.25, -0.2) is 10.0 Å². The summed E-state index contributed by atoms with van der Waals surface area (Å²) < 4.78 is 5.22. The maximum atomic E-state index is 13.0. The average molecular weight is 408 g/mol. The van der Waals surface area contributed by atoms with Crippen LogP contribution in [0.3, 0.4) is 0 Å². The van der Waals surface area contributed by atoms with Crippen LogP contribution >= 0.6 is 0 Å². The Morgan fingerprint density at radius 2 is 1.90 bits per heavy atom. The van der Waals surface area contributed by atoms with Crippen molar-refractivity contribution in [1.29, 1.82) is 0 Å². The molecule has 0 radical (unpaired) electrons. The average Bonchev–Trinajstić information content (AvgIpc) is 2.60. The monoisotopic (exact) mass is 408 g/mol. The topological polar surface area (TPSA) is 135 Å². The van der Waals surface area contributed by atoms with Crippen molar-refractivity contribution in [2.45, 2.75) is 53.2 Å². The number of ether oxygens (including phenoxy) is 1. The summed E-state index contributed by atoms with van der Waals surface area (Å²) in [5, 5.41) is 13.6. The molecule has 1 rings (SSSR count). The number of nitrogens with two attached hydrogens (primary N) is 1. The summed E-state index contributed by atoms with van der Waals surface area (Å²) in [7, 11) is 1.26. The number of carbonyl (C=O) groups excluding carboxylic acids is 3. The van der Waals surface area contributed by atoms with Crippen molar-refractivity contribution in [2.24, 2.45) is 23.0 Å². The normalized spacial score (nSPS) is 14.8. The van der Waals surface area contributed by atoms with Gasteiger partial charge in [-0.1, -0.05) is 40.7 Å². The predicted molar refractivity (Wildman–Crippen MR) is 108 cm³/mol. The molecule has 3 amide bonds. The second-order valence-electron chi connectivity index (χ2n) is 8.45. The van der Waals surface area contributed by atoms with E-state index in [1.54, 1.807) is 39.0 Å². The van der Waals surface area contributed by atoms with Gasteiger partial charge in [0.25, 0.3) is 11.8 Å². The molecule has 1 heterocycles. The van der Waals surface area contributed by atoms with Crippen LogP contribution in [0.25, 0.3) is 0 Å². The molecule has 0 aliphatic carbocycles. The SMILES string of the molecule is CO[C@H](C(=O)N(O)[C@H](C(=O)Nc1ccccn1)C(C)(C)C)[C@@H](CC(C)C)C(N)=O. The Morgan fingerprint density at radius 1 is 1.28 bits per heavy atom. The number of hydrogen-bond donors (Lipinski definition) is 3. The fourth-order valence-corrected chi connectivity index (χ4v) is 3.09. The third-order valence-electron chi connectivity index (χ3n) is 4.41. The first kappa shape index (κ1) is 24.5. The standard InChI is InChI=1S/C20H32N4O5/c1-12(2)11-13(17(21)25)15(29-6)19(27)24(28)16(20(3,4)5)18(26)23-14-9-7-8-10-22-14/h7-10,12-13,15-16,28H,11H2,1-6H3,(H2,21,25)(H,22,23,26)/t13-,15+,16-/m1/s1. The second kappa shape index (κ2) is 10.3. The molecule has 0 spiro atoms. The Labute approximate surface area is 171 Å². The van der Waals surface area contributed by atoms with Crippen LogP contribution in [0, 0.1) is 17.3 Å². The molecule has 0 aromatic carbocycles. The van der Waals surface area contributed by atoms with E-state index in [1.807, 2.05) is 13.8 Å². The molecule has 1 aromatic rings. The van der Waals surface area contributed by atoms with Gasteiger partial charge in [0.2, 0.25) is 5.91 Å². The third kappa shape index (κ3) is 6.79. The molecule has 1 aromatic heterocycles. The number of pyridine rings is 1. The van der Waals surface area contributed by atoms with Crippen LogP contribution in [0.1, 0.15) is 41.0 Å². The number of nitrogens with zero attached hydrogens (tertiary/aromatic N) is 2. The van der Waals surface area contributed by atoms with Gasteiger partial charge in [-0.3, -0.25) is 19.6 Å². The summed E-state index contributed by atoms with van der Waals surface area (Å²) in [5.41, 5.74) is 4.63. The smallest absolute Gasteiger partial charge is 0.276 e. The first-order valence-corrected chi connectivity index (χ1v) is 9.46. The minimum Gasteiger partial charge on any atom is -0.371 e. The third-order valence-corrected chi connectivity index (χ3v) is 4.41. The molecular formula is C20H32N4O5. The number of amides is 3. The van der Waals surface area contributed by atoms with Gasteiger partial charge in [-0.05, 0) is 29.9 Å². The van der Waals surface area contributed by atoms with Gasteiger partial charge in [0.05, 0.1) is 5.92 Å². The molecule has 0 bridgehead atoms. The number of carbonyl (C=O) groups is 3. The van der Waals surface area contributed by atoms with Crippen molar-refractivity contribution in [3.63, 3.8) is 0 Å². The molecule has 9 heteroatoms. The van der Waals surface area contributed by atoms with E-state index < -0.39 is 41.2 Å². The lowest BCUT2D eigenvalue weighted by Gasteiger charge is -2.37. The van der Waals surface area contributed by atoms with Gasteiger partial charge in [0.1, 0.15) is 18.0 Å². The molecule has 0 aliphatic rings. The van der Waals surface area contributed by atoms with Crippen LogP contribution < -0.4 is 11.1 Å². The van der Waals surface area contributed by atoms with Gasteiger partial charge in [-0.15, -0.1) is 0 Å². The molecule has 162 valence electrons. The van der Waals surface area contributed by atoms with Crippen LogP contribution in [0.2, 0.25) is 0 Å². The summed E-state index contributed by atoms with van der Waals surface area (Å²) in [6, 6.07) is 3.72. The Morgan fingerprint density at radius 3 is 2.31 bits per heavy atom. The van der Waals surface area contributed by atoms with Crippen molar-refractivity contribution in [1.82, 2.24) is 10.0 Å². The minimum absolute atomic E-state index is 0.0657. The van der Waals surface area contributed by atoms with E-state index >= 15 is 0 Å². The Kier molecular flexibility index (Phi) is 8.72. The molecular weight excluding hydrogens is 376 g/mol. The number of methoxy groups -OCH3 is 1. The van der Waals surface area contributed by atoms with E-state index in [2.05, 4.69) is 10.3 Å². The molecule has 0 fully saturated rings. The molecule has 0 unspecified atom stereocenters. The summed E-state index contributed by atoms with van der Waals surface area (Å²) in [4.78, 5) is 41.8. The van der Waals surface area contributed by atoms with Gasteiger partial charge < -0.3 is 15.8 Å². The summed E-state index contributed by atoms with van der Waals surface area (Å²) >= 11 is 0. The number of hydrogen-bond acceptors (Lipinski definition) is 6. The van der Waals surface area contributed by atoms with Gasteiger partial charge in [-0.2, -0.15) is 0 Å². The van der Waals surface area contributed by atoms with E-state index in [4.69, 9.17) is 10.5 Å². The summed E-state index contributed by atoms with van der Waals surface area (Å²) in [6.07, 6.45) is 0.495. The zero-order valence-electron chi connectivity index (χ0n) is 17.9. The number of primary amides is 1. The summed E-state index contributed by atoms with van der Waals surface area (Å²) in [5.74, 6) is -2.84. The lowest BCUT2D eigenvalue weighted by molar-refractivity contribution is -0.199. The molecule has 0 aliphatic heterocycles.